The van der Waals surface area contributed by atoms with Crippen LogP contribution in [0.4, 0.5) is 10.2 Å². The van der Waals surface area contributed by atoms with Crippen molar-refractivity contribution in [2.45, 2.75) is 56.1 Å². The number of carbonyl (C=O) groups excluding carboxylic acids is 1. The molecule has 10 nitrogen and oxygen atoms in total. The molecule has 5 atom stereocenters. The quantitative estimate of drug-likeness (QED) is 0.332. The van der Waals surface area contributed by atoms with Crippen LogP contribution in [0.15, 0.2) is 41.3 Å². The van der Waals surface area contributed by atoms with Crippen molar-refractivity contribution in [1.82, 2.24) is 14.6 Å². The molecule has 3 rings (SSSR count). The number of aromatic nitrogens is 2. The largest absolute Gasteiger partial charge is 0.462 e. The lowest BCUT2D eigenvalue weighted by atomic mass is 10.2. The van der Waals surface area contributed by atoms with Crippen LogP contribution in [0.2, 0.25) is 5.02 Å². The topological polar surface area (TPSA) is 135 Å². The van der Waals surface area contributed by atoms with E-state index in [1.165, 1.54) is 31.3 Å². The smallest absolute Gasteiger partial charge is 0.459 e. The number of nitrogen functional groups attached to an aromatic ring is 1. The van der Waals surface area contributed by atoms with Gasteiger partial charge < -0.3 is 15.0 Å². The summed E-state index contributed by atoms with van der Waals surface area (Å²) in [6, 6.07) is 6.47. The normalized spacial score (nSPS) is 22.5. The first-order valence-electron chi connectivity index (χ1n) is 10.8. The van der Waals surface area contributed by atoms with Crippen molar-refractivity contribution in [1.29, 1.82) is 0 Å². The average molecular weight is 549 g/mol. The van der Waals surface area contributed by atoms with E-state index in [-0.39, 0.29) is 30.7 Å². The molecule has 1 saturated heterocycles. The van der Waals surface area contributed by atoms with Gasteiger partial charge in [0.25, 0.3) is 0 Å². The lowest BCUT2D eigenvalue weighted by molar-refractivity contribution is -0.149. The van der Waals surface area contributed by atoms with Crippen LogP contribution in [0, 0.1) is 0 Å². The average Bonchev–Trinajstić information content (AvgIpc) is 3.14. The first-order chi connectivity index (χ1) is 16.5. The third-order valence-corrected chi connectivity index (χ3v) is 8.19. The monoisotopic (exact) mass is 548 g/mol. The minimum absolute atomic E-state index is 0.0397. The highest BCUT2D eigenvalue weighted by Gasteiger charge is 2.40. The maximum Gasteiger partial charge on any atom is 0.459 e. The number of carbonyl (C=O) groups is 1. The van der Waals surface area contributed by atoms with Crippen LogP contribution in [0.1, 0.15) is 32.6 Å². The lowest BCUT2D eigenvalue weighted by Crippen LogP contribution is -2.36. The van der Waals surface area contributed by atoms with Gasteiger partial charge in [-0.2, -0.15) is 10.1 Å². The van der Waals surface area contributed by atoms with E-state index in [0.29, 0.717) is 5.02 Å². The number of ether oxygens (including phenoxy) is 1. The van der Waals surface area contributed by atoms with Crippen LogP contribution < -0.4 is 21.0 Å². The van der Waals surface area contributed by atoms with Crippen LogP contribution in [-0.4, -0.2) is 45.7 Å². The second-order valence-electron chi connectivity index (χ2n) is 8.12. The maximum absolute atomic E-state index is 14.8. The molecule has 0 spiro atoms. The fourth-order valence-electron chi connectivity index (χ4n) is 3.20. The molecule has 0 amide bonds. The molecule has 3 N–H and O–H groups in total. The fourth-order valence-corrected chi connectivity index (χ4v) is 6.37. The van der Waals surface area contributed by atoms with E-state index in [4.69, 9.17) is 31.1 Å². The molecule has 1 aliphatic heterocycles. The lowest BCUT2D eigenvalue weighted by Gasteiger charge is -2.24. The molecule has 0 bridgehead atoms. The van der Waals surface area contributed by atoms with Gasteiger partial charge in [-0.05, 0) is 57.5 Å². The Hall–Kier alpha value is -2.11. The number of halogens is 2. The van der Waals surface area contributed by atoms with Gasteiger partial charge in [0.15, 0.2) is 0 Å². The van der Waals surface area contributed by atoms with E-state index in [1.807, 2.05) is 0 Å². The van der Waals surface area contributed by atoms with E-state index in [9.17, 15) is 18.5 Å². The molecule has 14 heteroatoms. The summed E-state index contributed by atoms with van der Waals surface area (Å²) in [6.45, 7) is 4.66. The maximum atomic E-state index is 14.8. The van der Waals surface area contributed by atoms with Gasteiger partial charge in [-0.3, -0.25) is 13.9 Å². The number of alkyl halides is 1. The number of hydrogen-bond donors (Lipinski definition) is 2. The van der Waals surface area contributed by atoms with Gasteiger partial charge in [0.1, 0.15) is 29.2 Å². The number of nitrogens with one attached hydrogen (secondary N) is 1. The van der Waals surface area contributed by atoms with E-state index in [1.54, 1.807) is 26.0 Å². The van der Waals surface area contributed by atoms with E-state index >= 15 is 0 Å². The molecular weight excluding hydrogens is 522 g/mol. The molecule has 35 heavy (non-hydrogen) atoms. The Balaban J connectivity index is 1.72. The summed E-state index contributed by atoms with van der Waals surface area (Å²) in [5.74, 6) is -0.409. The molecule has 0 aliphatic carbocycles. The van der Waals surface area contributed by atoms with Crippen LogP contribution in [0.25, 0.3) is 0 Å². The minimum atomic E-state index is -4.12. The van der Waals surface area contributed by atoms with Gasteiger partial charge >= 0.3 is 19.4 Å². The van der Waals surface area contributed by atoms with E-state index in [2.05, 4.69) is 10.1 Å². The summed E-state index contributed by atoms with van der Waals surface area (Å²) in [7, 11) is -4.12. The summed E-state index contributed by atoms with van der Waals surface area (Å²) < 4.78 is 45.9. The summed E-state index contributed by atoms with van der Waals surface area (Å²) in [5.41, 5.74) is 4.84. The number of rotatable bonds is 10. The predicted octanol–water partition coefficient (Wildman–Crippen LogP) is 3.95. The number of thioether (sulfide) groups is 1. The van der Waals surface area contributed by atoms with Gasteiger partial charge in [0.05, 0.1) is 12.7 Å². The Morgan fingerprint density at radius 3 is 2.66 bits per heavy atom. The zero-order chi connectivity index (χ0) is 25.8. The first kappa shape index (κ1) is 27.5. The molecule has 2 aromatic rings. The first-order valence-corrected chi connectivity index (χ1v) is 13.6. The molecule has 0 radical (unpaired) electrons. The van der Waals surface area contributed by atoms with Crippen molar-refractivity contribution in [2.24, 2.45) is 0 Å². The molecule has 1 fully saturated rings. The van der Waals surface area contributed by atoms with Gasteiger partial charge in [-0.15, -0.1) is 11.8 Å². The van der Waals surface area contributed by atoms with Crippen molar-refractivity contribution in [2.75, 3.05) is 12.3 Å². The van der Waals surface area contributed by atoms with Crippen molar-refractivity contribution in [3.8, 4) is 5.75 Å². The molecule has 1 aromatic carbocycles. The number of esters is 1. The highest BCUT2D eigenvalue weighted by atomic mass is 35.5. The van der Waals surface area contributed by atoms with Gasteiger partial charge in [0.2, 0.25) is 0 Å². The Morgan fingerprint density at radius 1 is 1.34 bits per heavy atom. The number of hydrogen-bond acceptors (Lipinski definition) is 9. The summed E-state index contributed by atoms with van der Waals surface area (Å²) in [5, 5.41) is 1.73. The number of anilines is 1. The van der Waals surface area contributed by atoms with Crippen LogP contribution in [0.3, 0.4) is 0 Å². The summed E-state index contributed by atoms with van der Waals surface area (Å²) in [6.07, 6.45) is -0.320. The Labute approximate surface area is 211 Å². The van der Waals surface area contributed by atoms with E-state index < -0.39 is 42.2 Å². The standard InChI is InChI=1S/C21H27ClFN4O6PS/c1-12(2)32-20(28)13(3)26-34(30,33-15-6-4-14(22)5-7-15)31-11-16-10-17(23)19(35-16)27-9-8-18(24)25-21(27)29/h4-9,12-13,16-17,19H,10-11H2,1-3H3,(H,26,30)(H2,24,25,29)/t13-,16-,17-,19+,34?/m0/s1. The Kier molecular flexibility index (Phi) is 9.22. The molecule has 1 aliphatic rings. The number of benzene rings is 1. The van der Waals surface area contributed by atoms with Crippen LogP contribution in [-0.2, 0) is 18.6 Å². The SMILES string of the molecule is CC(C)OC(=O)[C@H](C)NP(=O)(OC[C@@H]1C[C@H](F)[C@H](n2ccc(N)nc2=O)S1)Oc1ccc(Cl)cc1. The Bertz CT molecular complexity index is 1140. The third kappa shape index (κ3) is 7.68. The van der Waals surface area contributed by atoms with Gasteiger partial charge in [-0.25, -0.2) is 13.8 Å². The van der Waals surface area contributed by atoms with Gasteiger partial charge in [-0.1, -0.05) is 11.6 Å². The van der Waals surface area contributed by atoms with Crippen molar-refractivity contribution in [3.63, 3.8) is 0 Å². The highest BCUT2D eigenvalue weighted by Crippen LogP contribution is 2.48. The second kappa shape index (κ2) is 11.7. The molecule has 192 valence electrons. The minimum Gasteiger partial charge on any atom is -0.462 e. The van der Waals surface area contributed by atoms with Crippen molar-refractivity contribution >= 4 is 42.9 Å². The third-order valence-electron chi connectivity index (χ3n) is 4.78. The predicted molar refractivity (Wildman–Crippen MR) is 132 cm³/mol. The zero-order valence-corrected chi connectivity index (χ0v) is 21.8. The molecular formula is C21H27ClFN4O6PS. The number of nitrogens with two attached hydrogens (primary N) is 1. The highest BCUT2D eigenvalue weighted by molar-refractivity contribution is 8.00. The van der Waals surface area contributed by atoms with Crippen LogP contribution >= 0.6 is 31.1 Å². The molecule has 0 saturated carbocycles. The van der Waals surface area contributed by atoms with Crippen molar-refractivity contribution in [3.05, 3.63) is 52.0 Å². The molecule has 1 aromatic heterocycles. The summed E-state index contributed by atoms with van der Waals surface area (Å²) >= 11 is 7.04. The molecule has 1 unspecified atom stereocenters. The van der Waals surface area contributed by atoms with E-state index in [0.717, 1.165) is 16.3 Å². The Morgan fingerprint density at radius 2 is 2.03 bits per heavy atom. The van der Waals surface area contributed by atoms with Crippen LogP contribution in [0.5, 0.6) is 5.75 Å². The summed E-state index contributed by atoms with van der Waals surface area (Å²) in [4.78, 5) is 28.0. The van der Waals surface area contributed by atoms with Crippen molar-refractivity contribution < 1.29 is 27.5 Å². The molecule has 2 heterocycles. The van der Waals surface area contributed by atoms with Gasteiger partial charge in [0, 0.05) is 16.5 Å². The second-order valence-corrected chi connectivity index (χ2v) is 11.7. The zero-order valence-electron chi connectivity index (χ0n) is 19.3. The number of nitrogens with zero attached hydrogens (tertiary/aromatic N) is 2. The fraction of sp³-hybridized carbons (Fsp3) is 0.476.